The summed E-state index contributed by atoms with van der Waals surface area (Å²) in [5, 5.41) is 20.8. The molecule has 24 heavy (non-hydrogen) atoms. The third-order valence-electron chi connectivity index (χ3n) is 4.27. The van der Waals surface area contributed by atoms with E-state index >= 15 is 0 Å². The highest BCUT2D eigenvalue weighted by Crippen LogP contribution is 2.44. The van der Waals surface area contributed by atoms with Gasteiger partial charge in [0.2, 0.25) is 0 Å². The number of hydrogen-bond donors (Lipinski definition) is 1. The molecular formula is C19H18NO4-. The van der Waals surface area contributed by atoms with Crippen LogP contribution in [-0.2, 0) is 9.53 Å². The van der Waals surface area contributed by atoms with E-state index in [9.17, 15) is 9.90 Å². The molecule has 0 aliphatic heterocycles. The molecule has 0 amide bonds. The average Bonchev–Trinajstić information content (AvgIpc) is 2.91. The minimum absolute atomic E-state index is 0.0542. The van der Waals surface area contributed by atoms with E-state index in [1.807, 2.05) is 36.4 Å². The second-order valence-electron chi connectivity index (χ2n) is 5.70. The standard InChI is InChI=1S/C19H19NO4/c1-2-17(18(21)22)20-19(23)24-11-16-14-9-5-3-7-12(14)13-8-4-6-10-15(13)16/h3-10,16-17H,2,11H2,1H3,(H,20,23)(H,21,22)/p-1/t17-/m1/s1. The van der Waals surface area contributed by atoms with Crippen LogP contribution in [0.3, 0.4) is 0 Å². The second-order valence-corrected chi connectivity index (χ2v) is 5.70. The second kappa shape index (κ2) is 6.74. The van der Waals surface area contributed by atoms with Gasteiger partial charge in [0, 0.05) is 12.5 Å². The minimum atomic E-state index is -1.12. The fraction of sp³-hybridized carbons (Fsp3) is 0.263. The lowest BCUT2D eigenvalue weighted by atomic mass is 9.98. The molecule has 2 aromatic carbocycles. The van der Waals surface area contributed by atoms with Gasteiger partial charge in [-0.3, -0.25) is 4.99 Å². The van der Waals surface area contributed by atoms with Crippen molar-refractivity contribution < 1.29 is 19.7 Å². The van der Waals surface area contributed by atoms with Crippen molar-refractivity contribution >= 4 is 12.1 Å². The van der Waals surface area contributed by atoms with Crippen LogP contribution >= 0.6 is 0 Å². The number of rotatable bonds is 5. The monoisotopic (exact) mass is 324 g/mol. The molecule has 0 aromatic heterocycles. The Balaban J connectivity index is 1.81. The highest BCUT2D eigenvalue weighted by molar-refractivity contribution is 5.79. The fourth-order valence-electron chi connectivity index (χ4n) is 3.08. The summed E-state index contributed by atoms with van der Waals surface area (Å²) < 4.78 is 5.25. The van der Waals surface area contributed by atoms with E-state index in [4.69, 9.17) is 9.84 Å². The van der Waals surface area contributed by atoms with Crippen LogP contribution in [0.4, 0.5) is 0 Å². The van der Waals surface area contributed by atoms with Crippen LogP contribution in [-0.4, -0.2) is 29.8 Å². The Hall–Kier alpha value is -2.82. The number of nitrogens with zero attached hydrogens (tertiary/aromatic N) is 1. The number of aliphatic carboxylic acids is 1. The molecule has 1 aliphatic rings. The molecule has 0 bridgehead atoms. The summed E-state index contributed by atoms with van der Waals surface area (Å²) in [5.74, 6) is -1.17. The normalized spacial score (nSPS) is 14.8. The third-order valence-corrected chi connectivity index (χ3v) is 4.27. The van der Waals surface area contributed by atoms with Gasteiger partial charge in [-0.05, 0) is 28.7 Å². The predicted octanol–water partition coefficient (Wildman–Crippen LogP) is 2.39. The lowest BCUT2D eigenvalue weighted by Gasteiger charge is -2.21. The zero-order valence-corrected chi connectivity index (χ0v) is 13.3. The van der Waals surface area contributed by atoms with Crippen LogP contribution in [0.2, 0.25) is 0 Å². The summed E-state index contributed by atoms with van der Waals surface area (Å²) >= 11 is 0. The van der Waals surface area contributed by atoms with E-state index in [0.29, 0.717) is 0 Å². The van der Waals surface area contributed by atoms with E-state index in [-0.39, 0.29) is 18.9 Å². The Morgan fingerprint density at radius 1 is 1.17 bits per heavy atom. The van der Waals surface area contributed by atoms with E-state index in [0.717, 1.165) is 22.3 Å². The summed E-state index contributed by atoms with van der Waals surface area (Å²) in [4.78, 5) is 14.6. The third kappa shape index (κ3) is 2.97. The lowest BCUT2D eigenvalue weighted by molar-refractivity contribution is -0.251. The first-order valence-corrected chi connectivity index (χ1v) is 7.90. The molecule has 2 aromatic rings. The number of carboxylic acid groups (broad SMARTS) is 1. The molecule has 0 fully saturated rings. The van der Waals surface area contributed by atoms with E-state index in [1.165, 1.54) is 0 Å². The molecule has 5 nitrogen and oxygen atoms in total. The maximum absolute atomic E-state index is 11.8. The Morgan fingerprint density at radius 2 is 1.71 bits per heavy atom. The summed E-state index contributed by atoms with van der Waals surface area (Å²) in [5.41, 5.74) is 4.50. The zero-order valence-electron chi connectivity index (χ0n) is 13.3. The highest BCUT2D eigenvalue weighted by atomic mass is 16.6. The Kier molecular flexibility index (Phi) is 4.51. The number of carboxylic acids is 1. The highest BCUT2D eigenvalue weighted by Gasteiger charge is 2.26. The zero-order chi connectivity index (χ0) is 17.1. The molecule has 1 aliphatic carbocycles. The van der Waals surface area contributed by atoms with E-state index < -0.39 is 18.1 Å². The summed E-state index contributed by atoms with van der Waals surface area (Å²) in [7, 11) is 0. The van der Waals surface area contributed by atoms with Crippen molar-refractivity contribution in [3.63, 3.8) is 0 Å². The first kappa shape index (κ1) is 16.1. The predicted molar refractivity (Wildman–Crippen MR) is 88.8 cm³/mol. The van der Waals surface area contributed by atoms with Crippen molar-refractivity contribution in [3.8, 4) is 11.1 Å². The van der Waals surface area contributed by atoms with Gasteiger partial charge in [-0.25, -0.2) is 4.79 Å². The number of benzene rings is 2. The topological polar surface area (TPSA) is 82.0 Å². The van der Waals surface area contributed by atoms with Crippen molar-refractivity contribution in [1.29, 1.82) is 0 Å². The molecule has 0 spiro atoms. The van der Waals surface area contributed by atoms with Crippen LogP contribution in [0.1, 0.15) is 30.4 Å². The van der Waals surface area contributed by atoms with Gasteiger partial charge < -0.3 is 14.9 Å². The maximum atomic E-state index is 11.8. The van der Waals surface area contributed by atoms with Gasteiger partial charge in [-0.1, -0.05) is 55.5 Å². The van der Waals surface area contributed by atoms with Crippen molar-refractivity contribution in [2.45, 2.75) is 25.3 Å². The molecule has 3 rings (SSSR count). The van der Waals surface area contributed by atoms with Gasteiger partial charge in [0.15, 0.2) is 0 Å². The molecule has 0 saturated carbocycles. The van der Waals surface area contributed by atoms with Gasteiger partial charge in [-0.2, -0.15) is 0 Å². The number of aliphatic imine (C=N–C) groups is 1. The first-order chi connectivity index (χ1) is 11.6. The molecule has 1 atom stereocenters. The quantitative estimate of drug-likeness (QED) is 0.676. The van der Waals surface area contributed by atoms with Crippen LogP contribution in [0, 0.1) is 0 Å². The van der Waals surface area contributed by atoms with Gasteiger partial charge in [0.25, 0.3) is 0 Å². The summed E-state index contributed by atoms with van der Waals surface area (Å²) in [6, 6.07) is 15.0. The largest absolute Gasteiger partial charge is 0.599 e. The van der Waals surface area contributed by atoms with Crippen molar-refractivity contribution in [2.24, 2.45) is 4.99 Å². The number of fused-ring (bicyclic) bond motifs is 3. The van der Waals surface area contributed by atoms with Gasteiger partial charge in [0.05, 0.1) is 0 Å². The Bertz CT molecular complexity index is 739. The maximum Gasteiger partial charge on any atom is 0.328 e. The average molecular weight is 324 g/mol. The Labute approximate surface area is 140 Å². The molecule has 0 saturated heterocycles. The molecule has 1 N–H and O–H groups in total. The molecule has 0 unspecified atom stereocenters. The van der Waals surface area contributed by atoms with Crippen molar-refractivity contribution in [1.82, 2.24) is 0 Å². The number of hydrogen-bond acceptors (Lipinski definition) is 4. The van der Waals surface area contributed by atoms with Crippen LogP contribution in [0.15, 0.2) is 53.5 Å². The Morgan fingerprint density at radius 3 is 2.21 bits per heavy atom. The molecule has 0 heterocycles. The molecule has 0 radical (unpaired) electrons. The van der Waals surface area contributed by atoms with Gasteiger partial charge in [0.1, 0.15) is 12.1 Å². The molecular weight excluding hydrogens is 306 g/mol. The van der Waals surface area contributed by atoms with Crippen LogP contribution < -0.4 is 5.11 Å². The first-order valence-electron chi connectivity index (χ1n) is 7.90. The molecule has 124 valence electrons. The van der Waals surface area contributed by atoms with Crippen LogP contribution in [0.25, 0.3) is 11.1 Å². The SMILES string of the molecule is CC[C@@H](N=C([O-])OCC1c2ccccc2-c2ccccc21)C(=O)O. The number of ether oxygens (including phenoxy) is 1. The minimum Gasteiger partial charge on any atom is -0.599 e. The van der Waals surface area contributed by atoms with E-state index in [2.05, 4.69) is 17.1 Å². The molecule has 5 heteroatoms. The van der Waals surface area contributed by atoms with Crippen LogP contribution in [0.5, 0.6) is 0 Å². The van der Waals surface area contributed by atoms with E-state index in [1.54, 1.807) is 6.92 Å². The fourth-order valence-corrected chi connectivity index (χ4v) is 3.08. The smallest absolute Gasteiger partial charge is 0.328 e. The van der Waals surface area contributed by atoms with Gasteiger partial charge >= 0.3 is 5.97 Å². The van der Waals surface area contributed by atoms with Crippen molar-refractivity contribution in [3.05, 3.63) is 59.7 Å². The number of carbonyl (C=O) groups is 1. The van der Waals surface area contributed by atoms with Gasteiger partial charge in [-0.15, -0.1) is 0 Å². The van der Waals surface area contributed by atoms with Crippen molar-refractivity contribution in [2.75, 3.05) is 6.61 Å². The summed E-state index contributed by atoms with van der Waals surface area (Å²) in [6.45, 7) is 1.81. The lowest BCUT2D eigenvalue weighted by Crippen LogP contribution is -2.28. The summed E-state index contributed by atoms with van der Waals surface area (Å²) in [6.07, 6.45) is -0.578.